The first-order valence-corrected chi connectivity index (χ1v) is 6.47. The molecular formula is C13H20BrNO2. The second-order valence-corrected chi connectivity index (χ2v) is 4.91. The molecule has 1 unspecified atom stereocenters. The van der Waals surface area contributed by atoms with E-state index in [-0.39, 0.29) is 0 Å². The lowest BCUT2D eigenvalue weighted by Crippen LogP contribution is -2.07. The lowest BCUT2D eigenvalue weighted by atomic mass is 9.95. The fourth-order valence-electron chi connectivity index (χ4n) is 1.91. The van der Waals surface area contributed by atoms with Gasteiger partial charge in [-0.3, -0.25) is 0 Å². The van der Waals surface area contributed by atoms with Gasteiger partial charge in [-0.1, -0.05) is 6.92 Å². The van der Waals surface area contributed by atoms with Gasteiger partial charge in [0.05, 0.1) is 18.7 Å². The maximum absolute atomic E-state index is 5.61. The zero-order valence-corrected chi connectivity index (χ0v) is 12.4. The van der Waals surface area contributed by atoms with Crippen LogP contribution in [0.3, 0.4) is 0 Å². The highest BCUT2D eigenvalue weighted by atomic mass is 79.9. The standard InChI is InChI=1S/C13H20BrNO2/c1-8(5-6-15)10-7-11(16-3)9(2)12(14)13(10)17-4/h7-8H,5-6,15H2,1-4H3. The number of methoxy groups -OCH3 is 2. The fourth-order valence-corrected chi connectivity index (χ4v) is 2.50. The molecule has 1 aromatic carbocycles. The van der Waals surface area contributed by atoms with Crippen LogP contribution in [-0.4, -0.2) is 20.8 Å². The van der Waals surface area contributed by atoms with Crippen LogP contribution in [0.5, 0.6) is 11.5 Å². The van der Waals surface area contributed by atoms with E-state index in [0.29, 0.717) is 12.5 Å². The van der Waals surface area contributed by atoms with Crippen molar-refractivity contribution in [3.8, 4) is 11.5 Å². The smallest absolute Gasteiger partial charge is 0.137 e. The third kappa shape index (κ3) is 2.93. The molecule has 3 nitrogen and oxygen atoms in total. The van der Waals surface area contributed by atoms with Crippen LogP contribution in [-0.2, 0) is 0 Å². The summed E-state index contributed by atoms with van der Waals surface area (Å²) < 4.78 is 11.8. The van der Waals surface area contributed by atoms with Crippen molar-refractivity contribution in [3.63, 3.8) is 0 Å². The molecule has 0 saturated carbocycles. The van der Waals surface area contributed by atoms with E-state index in [0.717, 1.165) is 33.5 Å². The molecule has 0 aliphatic heterocycles. The van der Waals surface area contributed by atoms with E-state index in [2.05, 4.69) is 22.9 Å². The second-order valence-electron chi connectivity index (χ2n) is 4.12. The average Bonchev–Trinajstić information content (AvgIpc) is 2.32. The van der Waals surface area contributed by atoms with Gasteiger partial charge < -0.3 is 15.2 Å². The van der Waals surface area contributed by atoms with Crippen molar-refractivity contribution in [1.82, 2.24) is 0 Å². The molecule has 0 aliphatic carbocycles. The van der Waals surface area contributed by atoms with Crippen molar-refractivity contribution in [3.05, 3.63) is 21.7 Å². The Bertz CT molecular complexity index is 393. The van der Waals surface area contributed by atoms with Gasteiger partial charge in [0.1, 0.15) is 11.5 Å². The first-order chi connectivity index (χ1) is 8.06. The summed E-state index contributed by atoms with van der Waals surface area (Å²) in [5.74, 6) is 2.10. The topological polar surface area (TPSA) is 44.5 Å². The van der Waals surface area contributed by atoms with Crippen molar-refractivity contribution in [2.45, 2.75) is 26.2 Å². The number of nitrogens with two attached hydrogens (primary N) is 1. The molecule has 0 amide bonds. The largest absolute Gasteiger partial charge is 0.496 e. The Balaban J connectivity index is 3.31. The van der Waals surface area contributed by atoms with Crippen LogP contribution in [0.1, 0.15) is 30.4 Å². The third-order valence-corrected chi connectivity index (χ3v) is 3.96. The van der Waals surface area contributed by atoms with Crippen LogP contribution in [0.15, 0.2) is 10.5 Å². The van der Waals surface area contributed by atoms with Gasteiger partial charge in [-0.25, -0.2) is 0 Å². The summed E-state index contributed by atoms with van der Waals surface area (Å²) in [5.41, 5.74) is 7.79. The Kier molecular flexibility index (Phi) is 5.28. The highest BCUT2D eigenvalue weighted by molar-refractivity contribution is 9.10. The Morgan fingerprint density at radius 1 is 1.35 bits per heavy atom. The van der Waals surface area contributed by atoms with Gasteiger partial charge in [0, 0.05) is 11.1 Å². The predicted octanol–water partition coefficient (Wildman–Crippen LogP) is 3.23. The molecule has 0 fully saturated rings. The van der Waals surface area contributed by atoms with E-state index in [1.807, 2.05) is 13.0 Å². The molecule has 17 heavy (non-hydrogen) atoms. The van der Waals surface area contributed by atoms with Crippen molar-refractivity contribution >= 4 is 15.9 Å². The summed E-state index contributed by atoms with van der Waals surface area (Å²) in [7, 11) is 3.36. The van der Waals surface area contributed by atoms with Crippen LogP contribution in [0.4, 0.5) is 0 Å². The number of hydrogen-bond donors (Lipinski definition) is 1. The summed E-state index contributed by atoms with van der Waals surface area (Å²) in [6, 6.07) is 2.04. The maximum Gasteiger partial charge on any atom is 0.137 e. The zero-order chi connectivity index (χ0) is 13.0. The third-order valence-electron chi connectivity index (χ3n) is 3.00. The van der Waals surface area contributed by atoms with E-state index >= 15 is 0 Å². The zero-order valence-electron chi connectivity index (χ0n) is 10.8. The molecule has 1 aromatic rings. The number of hydrogen-bond acceptors (Lipinski definition) is 3. The fraction of sp³-hybridized carbons (Fsp3) is 0.538. The molecule has 0 aliphatic rings. The van der Waals surface area contributed by atoms with Crippen LogP contribution >= 0.6 is 15.9 Å². The second kappa shape index (κ2) is 6.26. The number of benzene rings is 1. The minimum atomic E-state index is 0.348. The first kappa shape index (κ1) is 14.3. The molecule has 0 radical (unpaired) electrons. The van der Waals surface area contributed by atoms with Crippen molar-refractivity contribution in [2.24, 2.45) is 5.73 Å². The van der Waals surface area contributed by atoms with Gasteiger partial charge in [-0.05, 0) is 47.8 Å². The molecule has 0 heterocycles. The molecule has 0 saturated heterocycles. The summed E-state index contributed by atoms with van der Waals surface area (Å²) in [6.45, 7) is 4.81. The van der Waals surface area contributed by atoms with Crippen molar-refractivity contribution in [2.75, 3.05) is 20.8 Å². The minimum absolute atomic E-state index is 0.348. The molecule has 0 spiro atoms. The van der Waals surface area contributed by atoms with Crippen LogP contribution < -0.4 is 15.2 Å². The normalized spacial score (nSPS) is 12.4. The Hall–Kier alpha value is -0.740. The van der Waals surface area contributed by atoms with Crippen LogP contribution in [0, 0.1) is 6.92 Å². The first-order valence-electron chi connectivity index (χ1n) is 5.67. The Morgan fingerprint density at radius 3 is 2.47 bits per heavy atom. The van der Waals surface area contributed by atoms with E-state index < -0.39 is 0 Å². The quantitative estimate of drug-likeness (QED) is 0.908. The molecule has 0 bridgehead atoms. The highest BCUT2D eigenvalue weighted by Gasteiger charge is 2.18. The molecule has 1 rings (SSSR count). The van der Waals surface area contributed by atoms with E-state index in [4.69, 9.17) is 15.2 Å². The summed E-state index contributed by atoms with van der Waals surface area (Å²) >= 11 is 3.57. The molecule has 0 aromatic heterocycles. The Labute approximate surface area is 111 Å². The average molecular weight is 302 g/mol. The van der Waals surface area contributed by atoms with Crippen LogP contribution in [0.25, 0.3) is 0 Å². The minimum Gasteiger partial charge on any atom is -0.496 e. The molecule has 2 N–H and O–H groups in total. The van der Waals surface area contributed by atoms with Gasteiger partial charge in [-0.15, -0.1) is 0 Å². The number of ether oxygens (including phenoxy) is 2. The van der Waals surface area contributed by atoms with Gasteiger partial charge in [-0.2, -0.15) is 0 Å². The number of halogens is 1. The monoisotopic (exact) mass is 301 g/mol. The van der Waals surface area contributed by atoms with Gasteiger partial charge in [0.2, 0.25) is 0 Å². The van der Waals surface area contributed by atoms with Gasteiger partial charge in [0.15, 0.2) is 0 Å². The molecule has 4 heteroatoms. The van der Waals surface area contributed by atoms with Crippen molar-refractivity contribution in [1.29, 1.82) is 0 Å². The van der Waals surface area contributed by atoms with E-state index in [9.17, 15) is 0 Å². The van der Waals surface area contributed by atoms with Gasteiger partial charge in [0.25, 0.3) is 0 Å². The summed E-state index contributed by atoms with van der Waals surface area (Å²) in [5, 5.41) is 0. The van der Waals surface area contributed by atoms with Crippen molar-refractivity contribution < 1.29 is 9.47 Å². The molecular weight excluding hydrogens is 282 g/mol. The summed E-state index contributed by atoms with van der Waals surface area (Å²) in [4.78, 5) is 0. The van der Waals surface area contributed by atoms with E-state index in [1.165, 1.54) is 0 Å². The maximum atomic E-state index is 5.61. The van der Waals surface area contributed by atoms with E-state index in [1.54, 1.807) is 14.2 Å². The lowest BCUT2D eigenvalue weighted by Gasteiger charge is -2.19. The Morgan fingerprint density at radius 2 is 2.00 bits per heavy atom. The number of rotatable bonds is 5. The SMILES string of the molecule is COc1cc(C(C)CCN)c(OC)c(Br)c1C. The van der Waals surface area contributed by atoms with Crippen LogP contribution in [0.2, 0.25) is 0 Å². The predicted molar refractivity (Wildman–Crippen MR) is 74.1 cm³/mol. The highest BCUT2D eigenvalue weighted by Crippen LogP contribution is 2.41. The molecule has 1 atom stereocenters. The van der Waals surface area contributed by atoms with Gasteiger partial charge >= 0.3 is 0 Å². The molecule has 96 valence electrons. The lowest BCUT2D eigenvalue weighted by molar-refractivity contribution is 0.390. The summed E-state index contributed by atoms with van der Waals surface area (Å²) in [6.07, 6.45) is 0.926.